The summed E-state index contributed by atoms with van der Waals surface area (Å²) in [6, 6.07) is 14.4. The van der Waals surface area contributed by atoms with E-state index in [0.29, 0.717) is 23.2 Å². The van der Waals surface area contributed by atoms with Gasteiger partial charge in [0.25, 0.3) is 0 Å². The van der Waals surface area contributed by atoms with Crippen LogP contribution in [0.1, 0.15) is 11.6 Å². The van der Waals surface area contributed by atoms with Gasteiger partial charge >= 0.3 is 0 Å². The van der Waals surface area contributed by atoms with Gasteiger partial charge in [-0.05, 0) is 42.0 Å². The number of hydrogen-bond acceptors (Lipinski definition) is 7. The maximum Gasteiger partial charge on any atom is 0.237 e. The summed E-state index contributed by atoms with van der Waals surface area (Å²) in [6.07, 6.45) is 5.74. The van der Waals surface area contributed by atoms with E-state index in [1.165, 1.54) is 6.20 Å². The highest BCUT2D eigenvalue weighted by Gasteiger charge is 2.32. The Morgan fingerprint density at radius 1 is 1.17 bits per heavy atom. The van der Waals surface area contributed by atoms with Gasteiger partial charge in [-0.2, -0.15) is 0 Å². The highest BCUT2D eigenvalue weighted by atomic mass is 35.5. The Kier molecular flexibility index (Phi) is 5.56. The molecule has 3 aromatic rings. The quantitative estimate of drug-likeness (QED) is 0.649. The van der Waals surface area contributed by atoms with Crippen LogP contribution in [-0.4, -0.2) is 37.1 Å². The molecule has 0 amide bonds. The molecule has 1 unspecified atom stereocenters. The van der Waals surface area contributed by atoms with Crippen LogP contribution in [0.15, 0.2) is 72.1 Å². The fourth-order valence-corrected chi connectivity index (χ4v) is 3.75. The normalized spacial score (nSPS) is 16.3. The number of rotatable bonds is 5. The Balaban J connectivity index is 1.67. The van der Waals surface area contributed by atoms with Gasteiger partial charge < -0.3 is 9.64 Å². The van der Waals surface area contributed by atoms with E-state index >= 15 is 0 Å². The second-order valence-corrected chi connectivity index (χ2v) is 8.80. The number of aromatic nitrogens is 2. The molecule has 30 heavy (non-hydrogen) atoms. The predicted octanol–water partition coefficient (Wildman–Crippen LogP) is 3.39. The van der Waals surface area contributed by atoms with Gasteiger partial charge in [0, 0.05) is 23.1 Å². The van der Waals surface area contributed by atoms with Crippen molar-refractivity contribution in [3.05, 3.63) is 77.7 Å². The Hall–Kier alpha value is -3.17. The number of ether oxygens (including phenoxy) is 1. The molecule has 0 saturated carbocycles. The number of nitrogens with one attached hydrogen (secondary N) is 1. The Bertz CT molecular complexity index is 1170. The highest BCUT2D eigenvalue weighted by molar-refractivity contribution is 7.89. The first-order valence-corrected chi connectivity index (χ1v) is 11.3. The second-order valence-electron chi connectivity index (χ2n) is 6.62. The van der Waals surface area contributed by atoms with E-state index in [2.05, 4.69) is 19.7 Å². The molecule has 0 saturated heterocycles. The number of hydrogen-bond donors (Lipinski definition) is 1. The first kappa shape index (κ1) is 20.1. The molecule has 10 heteroatoms. The van der Waals surface area contributed by atoms with Crippen molar-refractivity contribution in [1.82, 2.24) is 14.7 Å². The molecule has 0 bridgehead atoms. The third-order valence-electron chi connectivity index (χ3n) is 4.34. The van der Waals surface area contributed by atoms with Crippen LogP contribution in [0.25, 0.3) is 0 Å². The van der Waals surface area contributed by atoms with Crippen LogP contribution < -0.4 is 14.4 Å². The van der Waals surface area contributed by atoms with Gasteiger partial charge in [0.15, 0.2) is 0 Å². The first-order chi connectivity index (χ1) is 14.4. The van der Waals surface area contributed by atoms with Crippen LogP contribution in [-0.2, 0) is 10.0 Å². The van der Waals surface area contributed by atoms with Crippen molar-refractivity contribution in [3.63, 3.8) is 0 Å². The molecule has 0 aliphatic carbocycles. The molecular formula is C20H18ClN5O3S. The molecule has 2 aromatic carbocycles. The standard InChI is InChI=1S/C20H18ClN5O3S/c1-30(27,28)25-20-24-12-18(26(20)16-7-5-15(21)6-8-16)14-3-2-4-17(11-14)29-19-13-22-9-10-23-19/h2-11,13,18H,12H2,1H3,(H,24,25). The molecule has 154 valence electrons. The minimum Gasteiger partial charge on any atom is -0.437 e. The molecule has 0 fully saturated rings. The van der Waals surface area contributed by atoms with Gasteiger partial charge in [0.05, 0.1) is 25.0 Å². The van der Waals surface area contributed by atoms with Crippen LogP contribution in [0, 0.1) is 0 Å². The minimum absolute atomic E-state index is 0.235. The molecule has 0 radical (unpaired) electrons. The summed E-state index contributed by atoms with van der Waals surface area (Å²) in [5.74, 6) is 1.23. The van der Waals surface area contributed by atoms with E-state index in [0.717, 1.165) is 17.5 Å². The number of sulfonamides is 1. The minimum atomic E-state index is -3.50. The predicted molar refractivity (Wildman–Crippen MR) is 116 cm³/mol. The van der Waals surface area contributed by atoms with Gasteiger partial charge in [-0.15, -0.1) is 0 Å². The zero-order valence-electron chi connectivity index (χ0n) is 15.9. The average Bonchev–Trinajstić information content (AvgIpc) is 3.11. The molecule has 0 spiro atoms. The lowest BCUT2D eigenvalue weighted by molar-refractivity contribution is 0.459. The van der Waals surface area contributed by atoms with Gasteiger partial charge in [-0.1, -0.05) is 23.7 Å². The van der Waals surface area contributed by atoms with E-state index in [9.17, 15) is 8.42 Å². The van der Waals surface area contributed by atoms with Crippen molar-refractivity contribution >= 4 is 33.3 Å². The monoisotopic (exact) mass is 443 g/mol. The number of guanidine groups is 1. The van der Waals surface area contributed by atoms with Crippen LogP contribution in [0.3, 0.4) is 0 Å². The van der Waals surface area contributed by atoms with Crippen molar-refractivity contribution in [3.8, 4) is 11.6 Å². The maximum atomic E-state index is 11.8. The van der Waals surface area contributed by atoms with Crippen molar-refractivity contribution in [1.29, 1.82) is 0 Å². The molecule has 8 nitrogen and oxygen atoms in total. The maximum absolute atomic E-state index is 11.8. The van der Waals surface area contributed by atoms with Gasteiger partial charge in [-0.25, -0.2) is 18.4 Å². The van der Waals surface area contributed by atoms with E-state index in [1.807, 2.05) is 41.3 Å². The average molecular weight is 444 g/mol. The lowest BCUT2D eigenvalue weighted by atomic mass is 10.1. The van der Waals surface area contributed by atoms with Crippen LogP contribution >= 0.6 is 11.6 Å². The number of halogens is 1. The summed E-state index contributed by atoms with van der Waals surface area (Å²) in [5.41, 5.74) is 1.66. The Morgan fingerprint density at radius 3 is 2.67 bits per heavy atom. The van der Waals surface area contributed by atoms with Gasteiger partial charge in [0.1, 0.15) is 5.75 Å². The Morgan fingerprint density at radius 2 is 1.97 bits per heavy atom. The topological polar surface area (TPSA) is 96.8 Å². The smallest absolute Gasteiger partial charge is 0.237 e. The third kappa shape index (κ3) is 4.69. The van der Waals surface area contributed by atoms with Crippen molar-refractivity contribution in [2.75, 3.05) is 17.7 Å². The van der Waals surface area contributed by atoms with Gasteiger partial charge in [-0.3, -0.25) is 9.71 Å². The Labute approximate surface area is 179 Å². The largest absolute Gasteiger partial charge is 0.437 e. The molecular weight excluding hydrogens is 426 g/mol. The zero-order valence-corrected chi connectivity index (χ0v) is 17.5. The van der Waals surface area contributed by atoms with E-state index in [4.69, 9.17) is 16.3 Å². The molecule has 2 heterocycles. The summed E-state index contributed by atoms with van der Waals surface area (Å²) in [7, 11) is -3.50. The number of nitrogens with zero attached hydrogens (tertiary/aromatic N) is 4. The van der Waals surface area contributed by atoms with Gasteiger partial charge in [0.2, 0.25) is 21.9 Å². The molecule has 1 N–H and O–H groups in total. The number of benzene rings is 2. The summed E-state index contributed by atoms with van der Waals surface area (Å²) >= 11 is 6.02. The molecule has 1 aromatic heterocycles. The summed E-state index contributed by atoms with van der Waals surface area (Å²) in [5, 5.41) is 0.587. The SMILES string of the molecule is CS(=O)(=O)NC1=NCC(c2cccc(Oc3cnccn3)c2)N1c1ccc(Cl)cc1. The summed E-state index contributed by atoms with van der Waals surface area (Å²) < 4.78 is 32.0. The second kappa shape index (κ2) is 8.29. The van der Waals surface area contributed by atoms with Crippen LogP contribution in [0.5, 0.6) is 11.6 Å². The first-order valence-electron chi connectivity index (χ1n) is 9.00. The lowest BCUT2D eigenvalue weighted by Crippen LogP contribution is -2.42. The van der Waals surface area contributed by atoms with Crippen molar-refractivity contribution < 1.29 is 13.2 Å². The molecule has 1 aliphatic heterocycles. The van der Waals surface area contributed by atoms with Crippen molar-refractivity contribution in [2.24, 2.45) is 4.99 Å². The summed E-state index contributed by atoms with van der Waals surface area (Å²) in [6.45, 7) is 0.370. The fraction of sp³-hybridized carbons (Fsp3) is 0.150. The van der Waals surface area contributed by atoms with Crippen LogP contribution in [0.2, 0.25) is 5.02 Å². The number of anilines is 1. The molecule has 4 rings (SSSR count). The zero-order chi connectivity index (χ0) is 21.1. The van der Waals surface area contributed by atoms with Crippen LogP contribution in [0.4, 0.5) is 5.69 Å². The fourth-order valence-electron chi connectivity index (χ4n) is 3.13. The highest BCUT2D eigenvalue weighted by Crippen LogP contribution is 2.34. The number of aliphatic imine (C=N–C) groups is 1. The van der Waals surface area contributed by atoms with Crippen molar-refractivity contribution in [2.45, 2.75) is 6.04 Å². The third-order valence-corrected chi connectivity index (χ3v) is 5.15. The summed E-state index contributed by atoms with van der Waals surface area (Å²) in [4.78, 5) is 14.4. The van der Waals surface area contributed by atoms with E-state index in [1.54, 1.807) is 24.5 Å². The van der Waals surface area contributed by atoms with E-state index in [-0.39, 0.29) is 12.0 Å². The molecule has 1 atom stereocenters. The lowest BCUT2D eigenvalue weighted by Gasteiger charge is -2.28. The van der Waals surface area contributed by atoms with E-state index < -0.39 is 10.0 Å². The molecule has 1 aliphatic rings.